The molecule has 0 spiro atoms. The van der Waals surface area contributed by atoms with Gasteiger partial charge in [-0.25, -0.2) is 0 Å². The maximum atomic E-state index is 11.5. The summed E-state index contributed by atoms with van der Waals surface area (Å²) in [6, 6.07) is 0. The third-order valence-corrected chi connectivity index (χ3v) is 7.34. The second kappa shape index (κ2) is 3.21. The molecule has 5 heteroatoms. The minimum Gasteiger partial charge on any atom is -0.799 e. The highest BCUT2D eigenvalue weighted by Crippen LogP contribution is 2.64. The Bertz CT molecular complexity index is 205. The zero-order chi connectivity index (χ0) is 9.41. The smallest absolute Gasteiger partial charge is 0.159 e. The molecule has 0 aromatic heterocycles. The van der Waals surface area contributed by atoms with Gasteiger partial charge in [0.2, 0.25) is 0 Å². The fourth-order valence-electron chi connectivity index (χ4n) is 1.46. The molecule has 0 radical (unpaired) electrons. The van der Waals surface area contributed by atoms with Crippen LogP contribution in [0.15, 0.2) is 0 Å². The lowest BCUT2D eigenvalue weighted by Gasteiger charge is -2.66. The first kappa shape index (κ1) is 10.4. The van der Waals surface area contributed by atoms with E-state index in [0.29, 0.717) is 12.2 Å². The lowest BCUT2D eigenvalue weighted by atomic mass is 10.2. The molecular weight excluding hydrogens is 196 g/mol. The van der Waals surface area contributed by atoms with E-state index in [2.05, 4.69) is 0 Å². The third-order valence-electron chi connectivity index (χ3n) is 2.19. The molecule has 0 amide bonds. The van der Waals surface area contributed by atoms with Crippen LogP contribution < -0.4 is 0 Å². The van der Waals surface area contributed by atoms with Crippen molar-refractivity contribution in [3.63, 3.8) is 0 Å². The molecule has 0 aliphatic carbocycles. The van der Waals surface area contributed by atoms with Gasteiger partial charge < -0.3 is 19.7 Å². The van der Waals surface area contributed by atoms with E-state index in [4.69, 9.17) is 0 Å². The van der Waals surface area contributed by atoms with E-state index in [1.807, 2.05) is 0 Å². The van der Waals surface area contributed by atoms with Crippen LogP contribution in [0.5, 0.6) is 0 Å². The second-order valence-electron chi connectivity index (χ2n) is 2.83. The molecule has 1 rings (SSSR count). The summed E-state index contributed by atoms with van der Waals surface area (Å²) in [6.45, 7) is 3.11. The fourth-order valence-corrected chi connectivity index (χ4v) is 5.84. The van der Waals surface area contributed by atoms with Gasteiger partial charge in [0.15, 0.2) is 5.78 Å². The maximum Gasteiger partial charge on any atom is 0.159 e. The lowest BCUT2D eigenvalue weighted by Crippen LogP contribution is -2.35. The van der Waals surface area contributed by atoms with Crippen molar-refractivity contribution in [1.29, 1.82) is 0 Å². The highest BCUT2D eigenvalue weighted by atomic mass is 32.3. The molecule has 1 heterocycles. The van der Waals surface area contributed by atoms with Gasteiger partial charge in [-0.1, -0.05) is 6.92 Å². The summed E-state index contributed by atoms with van der Waals surface area (Å²) in [5, 5.41) is 0. The highest BCUT2D eigenvalue weighted by molar-refractivity contribution is 8.37. The first-order chi connectivity index (χ1) is 5.46. The SMILES string of the molecule is CC[C@]1(C(C)=O)SCCS1([O-])[O-]. The number of carbonyl (C=O) groups excluding carboxylic acids is 1. The first-order valence-corrected chi connectivity index (χ1v) is 6.47. The van der Waals surface area contributed by atoms with Gasteiger partial charge >= 0.3 is 0 Å². The van der Waals surface area contributed by atoms with Crippen LogP contribution in [0.1, 0.15) is 20.3 Å². The number of sulfone groups is 1. The summed E-state index contributed by atoms with van der Waals surface area (Å²) in [5.41, 5.74) is 0. The van der Waals surface area contributed by atoms with E-state index in [1.54, 1.807) is 6.92 Å². The van der Waals surface area contributed by atoms with Crippen LogP contribution in [-0.4, -0.2) is 30.5 Å². The molecule has 0 saturated carbocycles. The minimum absolute atomic E-state index is 0.144. The number of hydrogen-bond acceptors (Lipinski definition) is 4. The largest absolute Gasteiger partial charge is 0.799 e. The molecule has 1 aliphatic rings. The number of hydrogen-bond donors (Lipinski definition) is 0. The van der Waals surface area contributed by atoms with Crippen LogP contribution in [0.3, 0.4) is 0 Å². The predicted octanol–water partition coefficient (Wildman–Crippen LogP) is 1.49. The van der Waals surface area contributed by atoms with E-state index in [9.17, 15) is 13.9 Å². The zero-order valence-electron chi connectivity index (χ0n) is 7.16. The molecule has 0 aromatic carbocycles. The summed E-state index contributed by atoms with van der Waals surface area (Å²) in [7, 11) is -3.18. The first-order valence-electron chi connectivity index (χ1n) is 3.83. The van der Waals surface area contributed by atoms with Gasteiger partial charge in [-0.3, -0.25) is 4.79 Å². The molecule has 0 N–H and O–H groups in total. The topological polar surface area (TPSA) is 63.2 Å². The molecular formula is C7H12O3S2-2. The average Bonchev–Trinajstić information content (AvgIpc) is 2.25. The third kappa shape index (κ3) is 1.28. The molecule has 3 nitrogen and oxygen atoms in total. The van der Waals surface area contributed by atoms with E-state index in [-0.39, 0.29) is 11.5 Å². The van der Waals surface area contributed by atoms with Gasteiger partial charge in [0.05, 0.1) is 4.08 Å². The van der Waals surface area contributed by atoms with Crippen molar-refractivity contribution < 1.29 is 13.9 Å². The Hall–Kier alpha value is 0.290. The molecule has 1 atom stereocenters. The van der Waals surface area contributed by atoms with Gasteiger partial charge in [-0.2, -0.15) is 0 Å². The molecule has 1 fully saturated rings. The van der Waals surface area contributed by atoms with Gasteiger partial charge in [0.1, 0.15) is 0 Å². The van der Waals surface area contributed by atoms with Crippen molar-refractivity contribution in [2.24, 2.45) is 0 Å². The molecule has 1 saturated heterocycles. The quantitative estimate of drug-likeness (QED) is 0.689. The molecule has 0 unspecified atom stereocenters. The van der Waals surface area contributed by atoms with Crippen molar-refractivity contribution in [2.75, 3.05) is 11.5 Å². The second-order valence-corrected chi connectivity index (χ2v) is 6.82. The summed E-state index contributed by atoms with van der Waals surface area (Å²) in [6.07, 6.45) is 0.384. The van der Waals surface area contributed by atoms with Crippen LogP contribution in [0, 0.1) is 0 Å². The number of Topliss-reactive ketones (excluding diaryl/α,β-unsaturated/α-hetero) is 1. The molecule has 0 aromatic rings. The van der Waals surface area contributed by atoms with Gasteiger partial charge in [-0.05, 0) is 19.1 Å². The van der Waals surface area contributed by atoms with Gasteiger partial charge in [0, 0.05) is 5.75 Å². The summed E-state index contributed by atoms with van der Waals surface area (Å²) >= 11 is 1.27. The van der Waals surface area contributed by atoms with Crippen LogP contribution in [0.25, 0.3) is 0 Å². The number of ketones is 1. The monoisotopic (exact) mass is 208 g/mol. The zero-order valence-corrected chi connectivity index (χ0v) is 8.80. The predicted molar refractivity (Wildman–Crippen MR) is 50.2 cm³/mol. The van der Waals surface area contributed by atoms with E-state index in [0.717, 1.165) is 0 Å². The molecule has 12 heavy (non-hydrogen) atoms. The summed E-state index contributed by atoms with van der Waals surface area (Å²) in [5.74, 6) is 0.466. The summed E-state index contributed by atoms with van der Waals surface area (Å²) in [4.78, 5) is 11.2. The maximum absolute atomic E-state index is 11.5. The van der Waals surface area contributed by atoms with E-state index >= 15 is 0 Å². The number of carbonyl (C=O) groups is 1. The van der Waals surface area contributed by atoms with Crippen molar-refractivity contribution in [1.82, 2.24) is 0 Å². The Morgan fingerprint density at radius 1 is 1.67 bits per heavy atom. The number of rotatable bonds is 2. The Kier molecular flexibility index (Phi) is 2.78. The molecule has 1 aliphatic heterocycles. The Labute approximate surface area is 78.3 Å². The fraction of sp³-hybridized carbons (Fsp3) is 0.857. The van der Waals surface area contributed by atoms with E-state index < -0.39 is 14.7 Å². The van der Waals surface area contributed by atoms with Crippen molar-refractivity contribution in [2.45, 2.75) is 24.3 Å². The Morgan fingerprint density at radius 3 is 2.42 bits per heavy atom. The Morgan fingerprint density at radius 2 is 2.25 bits per heavy atom. The Balaban J connectivity index is 3.00. The van der Waals surface area contributed by atoms with Crippen molar-refractivity contribution in [3.05, 3.63) is 0 Å². The van der Waals surface area contributed by atoms with Crippen LogP contribution in [0.4, 0.5) is 0 Å². The van der Waals surface area contributed by atoms with Crippen molar-refractivity contribution >= 4 is 28.1 Å². The molecule has 0 bridgehead atoms. The lowest BCUT2D eigenvalue weighted by molar-refractivity contribution is -0.117. The summed E-state index contributed by atoms with van der Waals surface area (Å²) < 4.78 is 21.9. The average molecular weight is 208 g/mol. The minimum atomic E-state index is -3.18. The standard InChI is InChI=1S/C7H14O3S2/c1-3-7(6(2)8)11-4-5-12(7,9)10/h9-10H,3-5H2,1-2H3/p-2/t7-/m0/s1. The molecule has 72 valence electrons. The highest BCUT2D eigenvalue weighted by Gasteiger charge is 2.40. The van der Waals surface area contributed by atoms with Gasteiger partial charge in [-0.15, -0.1) is 11.8 Å². The van der Waals surface area contributed by atoms with Crippen LogP contribution in [0.2, 0.25) is 0 Å². The van der Waals surface area contributed by atoms with Crippen LogP contribution in [-0.2, 0) is 4.79 Å². The normalized spacial score (nSPS) is 36.3. The number of thioether (sulfide) groups is 1. The van der Waals surface area contributed by atoms with E-state index in [1.165, 1.54) is 18.7 Å². The van der Waals surface area contributed by atoms with Crippen LogP contribution >= 0.6 is 22.4 Å². The van der Waals surface area contributed by atoms with Crippen molar-refractivity contribution in [3.8, 4) is 0 Å². The van der Waals surface area contributed by atoms with Gasteiger partial charge in [0.25, 0.3) is 0 Å².